The smallest absolute Gasteiger partial charge is 0.306 e. The van der Waals surface area contributed by atoms with Crippen molar-refractivity contribution in [1.29, 1.82) is 0 Å². The number of anilines is 1. The summed E-state index contributed by atoms with van der Waals surface area (Å²) in [5, 5.41) is 15.2. The van der Waals surface area contributed by atoms with E-state index in [0.717, 1.165) is 5.56 Å². The molecule has 0 saturated carbocycles. The van der Waals surface area contributed by atoms with Gasteiger partial charge >= 0.3 is 5.97 Å². The van der Waals surface area contributed by atoms with Crippen LogP contribution >= 0.6 is 0 Å². The third-order valence-corrected chi connectivity index (χ3v) is 3.14. The van der Waals surface area contributed by atoms with Crippen LogP contribution < -0.4 is 5.32 Å². The predicted molar refractivity (Wildman–Crippen MR) is 76.1 cm³/mol. The molecule has 1 heterocycles. The van der Waals surface area contributed by atoms with E-state index in [1.165, 1.54) is 6.26 Å². The van der Waals surface area contributed by atoms with Crippen molar-refractivity contribution in [3.05, 3.63) is 47.3 Å². The summed E-state index contributed by atoms with van der Waals surface area (Å²) < 4.78 is 4.72. The summed E-state index contributed by atoms with van der Waals surface area (Å²) in [5.41, 5.74) is 2.44. The molecule has 6 heteroatoms. The highest BCUT2D eigenvalue weighted by atomic mass is 16.5. The van der Waals surface area contributed by atoms with Gasteiger partial charge in [-0.15, -0.1) is 0 Å². The first-order chi connectivity index (χ1) is 9.97. The van der Waals surface area contributed by atoms with Crippen LogP contribution in [0.2, 0.25) is 0 Å². The van der Waals surface area contributed by atoms with Gasteiger partial charge in [-0.25, -0.2) is 0 Å². The first-order valence-corrected chi connectivity index (χ1v) is 6.51. The van der Waals surface area contributed by atoms with Gasteiger partial charge in [0.15, 0.2) is 5.69 Å². The van der Waals surface area contributed by atoms with E-state index >= 15 is 0 Å². The van der Waals surface area contributed by atoms with Gasteiger partial charge in [-0.3, -0.25) is 9.59 Å². The first kappa shape index (κ1) is 14.8. The molecule has 0 saturated heterocycles. The maximum Gasteiger partial charge on any atom is 0.306 e. The molecule has 110 valence electrons. The molecular formula is C15H16N2O4. The average molecular weight is 288 g/mol. The molecule has 21 heavy (non-hydrogen) atoms. The van der Waals surface area contributed by atoms with Gasteiger partial charge in [0, 0.05) is 11.3 Å². The number of carboxylic acids is 1. The lowest BCUT2D eigenvalue weighted by Gasteiger charge is -2.08. The van der Waals surface area contributed by atoms with Crippen LogP contribution in [0.4, 0.5) is 5.69 Å². The Morgan fingerprint density at radius 1 is 1.33 bits per heavy atom. The second-order valence-electron chi connectivity index (χ2n) is 4.94. The molecule has 0 aliphatic rings. The van der Waals surface area contributed by atoms with Crippen molar-refractivity contribution < 1.29 is 19.2 Å². The molecule has 6 nitrogen and oxygen atoms in total. The van der Waals surface area contributed by atoms with E-state index in [4.69, 9.17) is 9.63 Å². The van der Waals surface area contributed by atoms with Gasteiger partial charge in [0.2, 0.25) is 0 Å². The van der Waals surface area contributed by atoms with E-state index < -0.39 is 11.9 Å². The third kappa shape index (κ3) is 3.68. The van der Waals surface area contributed by atoms with Crippen molar-refractivity contribution in [1.82, 2.24) is 5.16 Å². The number of hydrogen-bond acceptors (Lipinski definition) is 4. The number of aliphatic carboxylic acids is 1. The number of carboxylic acid groups (broad SMARTS) is 1. The second kappa shape index (κ2) is 6.21. The van der Waals surface area contributed by atoms with Crippen molar-refractivity contribution in [3.8, 4) is 0 Å². The zero-order chi connectivity index (χ0) is 15.4. The van der Waals surface area contributed by atoms with Crippen molar-refractivity contribution in [3.63, 3.8) is 0 Å². The van der Waals surface area contributed by atoms with E-state index in [0.29, 0.717) is 17.7 Å². The third-order valence-electron chi connectivity index (χ3n) is 3.14. The Labute approximate surface area is 121 Å². The number of nitrogens with zero attached hydrogens (tertiary/aromatic N) is 1. The summed E-state index contributed by atoms with van der Waals surface area (Å²) in [5.74, 6) is -1.61. The van der Waals surface area contributed by atoms with Crippen LogP contribution in [0.3, 0.4) is 0 Å². The molecule has 0 bridgehead atoms. The number of carbonyl (C=O) groups is 2. The topological polar surface area (TPSA) is 92.4 Å². The number of aryl methyl sites for hydroxylation is 1. The van der Waals surface area contributed by atoms with Crippen LogP contribution in [0.15, 0.2) is 35.1 Å². The molecule has 1 aromatic heterocycles. The van der Waals surface area contributed by atoms with Crippen LogP contribution in [0.1, 0.15) is 28.5 Å². The minimum Gasteiger partial charge on any atom is -0.481 e. The van der Waals surface area contributed by atoms with E-state index in [9.17, 15) is 9.59 Å². The number of aromatic nitrogens is 1. The maximum absolute atomic E-state index is 11.9. The van der Waals surface area contributed by atoms with Gasteiger partial charge in [-0.05, 0) is 31.0 Å². The Morgan fingerprint density at radius 3 is 2.52 bits per heavy atom. The van der Waals surface area contributed by atoms with Crippen LogP contribution in [-0.2, 0) is 11.2 Å². The van der Waals surface area contributed by atoms with Gasteiger partial charge < -0.3 is 14.9 Å². The lowest BCUT2D eigenvalue weighted by atomic mass is 10.0. The molecule has 2 N–H and O–H groups in total. The summed E-state index contributed by atoms with van der Waals surface area (Å²) in [6.45, 7) is 3.40. The highest BCUT2D eigenvalue weighted by molar-refractivity contribution is 6.03. The molecular weight excluding hydrogens is 272 g/mol. The fourth-order valence-corrected chi connectivity index (χ4v) is 1.86. The van der Waals surface area contributed by atoms with Crippen LogP contribution in [0.5, 0.6) is 0 Å². The van der Waals surface area contributed by atoms with Crippen molar-refractivity contribution >= 4 is 17.6 Å². The van der Waals surface area contributed by atoms with Crippen LogP contribution in [0.25, 0.3) is 0 Å². The monoisotopic (exact) mass is 288 g/mol. The summed E-state index contributed by atoms with van der Waals surface area (Å²) in [4.78, 5) is 22.7. The quantitative estimate of drug-likeness (QED) is 0.881. The fourth-order valence-electron chi connectivity index (χ4n) is 1.86. The fraction of sp³-hybridized carbons (Fsp3) is 0.267. The average Bonchev–Trinajstić information content (AvgIpc) is 2.87. The Hall–Kier alpha value is -2.63. The molecule has 1 unspecified atom stereocenters. The summed E-state index contributed by atoms with van der Waals surface area (Å²) >= 11 is 0. The molecule has 0 fully saturated rings. The van der Waals surface area contributed by atoms with Crippen molar-refractivity contribution in [2.45, 2.75) is 20.3 Å². The molecule has 0 radical (unpaired) electrons. The van der Waals surface area contributed by atoms with Crippen molar-refractivity contribution in [2.24, 2.45) is 5.92 Å². The standard InChI is InChI=1S/C15H16N2O4/c1-9(15(19)20)7-11-3-5-12(6-4-11)16-14(18)13-10(2)8-21-17-13/h3-6,8-9H,7H2,1-2H3,(H,16,18)(H,19,20). The minimum absolute atomic E-state index is 0.249. The molecule has 2 rings (SSSR count). The Kier molecular flexibility index (Phi) is 4.37. The van der Waals surface area contributed by atoms with E-state index in [1.54, 1.807) is 38.1 Å². The minimum atomic E-state index is -0.825. The Bertz CT molecular complexity index is 646. The Balaban J connectivity index is 2.01. The Morgan fingerprint density at radius 2 is 2.00 bits per heavy atom. The molecule has 0 aliphatic heterocycles. The highest BCUT2D eigenvalue weighted by Gasteiger charge is 2.14. The normalized spacial score (nSPS) is 11.9. The molecule has 0 aliphatic carbocycles. The second-order valence-corrected chi connectivity index (χ2v) is 4.94. The molecule has 0 spiro atoms. The molecule has 1 aromatic carbocycles. The lowest BCUT2D eigenvalue weighted by Crippen LogP contribution is -2.14. The zero-order valence-electron chi connectivity index (χ0n) is 11.8. The van der Waals surface area contributed by atoms with Gasteiger partial charge in [0.25, 0.3) is 5.91 Å². The van der Waals surface area contributed by atoms with Gasteiger partial charge in [0.05, 0.1) is 5.92 Å². The SMILES string of the molecule is Cc1conc1C(=O)Nc1ccc(CC(C)C(=O)O)cc1. The van der Waals surface area contributed by atoms with Crippen LogP contribution in [0, 0.1) is 12.8 Å². The largest absolute Gasteiger partial charge is 0.481 e. The number of carbonyl (C=O) groups excluding carboxylic acids is 1. The molecule has 2 aromatic rings. The van der Waals surface area contributed by atoms with Crippen molar-refractivity contribution in [2.75, 3.05) is 5.32 Å². The maximum atomic E-state index is 11.9. The summed E-state index contributed by atoms with van der Waals surface area (Å²) in [6, 6.07) is 7.06. The highest BCUT2D eigenvalue weighted by Crippen LogP contribution is 2.15. The van der Waals surface area contributed by atoms with E-state index in [-0.39, 0.29) is 11.6 Å². The van der Waals surface area contributed by atoms with Gasteiger partial charge in [-0.2, -0.15) is 0 Å². The summed E-state index contributed by atoms with van der Waals surface area (Å²) in [7, 11) is 0. The number of rotatable bonds is 5. The number of hydrogen-bond donors (Lipinski definition) is 2. The zero-order valence-corrected chi connectivity index (χ0v) is 11.8. The molecule has 1 amide bonds. The summed E-state index contributed by atoms with van der Waals surface area (Å²) in [6.07, 6.45) is 1.86. The number of amides is 1. The predicted octanol–water partition coefficient (Wildman–Crippen LogP) is 2.50. The molecule has 1 atom stereocenters. The van der Waals surface area contributed by atoms with E-state index in [1.807, 2.05) is 0 Å². The number of benzene rings is 1. The number of nitrogens with one attached hydrogen (secondary N) is 1. The van der Waals surface area contributed by atoms with Gasteiger partial charge in [-0.1, -0.05) is 24.2 Å². The first-order valence-electron chi connectivity index (χ1n) is 6.51. The van der Waals surface area contributed by atoms with Crippen LogP contribution in [-0.4, -0.2) is 22.1 Å². The lowest BCUT2D eigenvalue weighted by molar-refractivity contribution is -0.141. The van der Waals surface area contributed by atoms with E-state index in [2.05, 4.69) is 10.5 Å². The van der Waals surface area contributed by atoms with Gasteiger partial charge in [0.1, 0.15) is 6.26 Å².